The predicted octanol–water partition coefficient (Wildman–Crippen LogP) is 6.82. The highest BCUT2D eigenvalue weighted by atomic mass is 19.1. The summed E-state index contributed by atoms with van der Waals surface area (Å²) in [4.78, 5) is 97.8. The highest BCUT2D eigenvalue weighted by molar-refractivity contribution is 5.98. The molecule has 7 N–H and O–H groups in total. The predicted molar refractivity (Wildman–Crippen MR) is 334 cm³/mol. The number of hydrogen-bond acceptors (Lipinski definition) is 16. The third-order valence-corrected chi connectivity index (χ3v) is 15.9. The number of fused-ring (bicyclic) bond motifs is 1. The lowest BCUT2D eigenvalue weighted by Crippen LogP contribution is -2.54. The largest absolute Gasteiger partial charge is 0.445 e. The number of pyridine rings is 3. The third-order valence-electron chi connectivity index (χ3n) is 15.9. The summed E-state index contributed by atoms with van der Waals surface area (Å²) >= 11 is 0. The number of piperidine rings is 1. The van der Waals surface area contributed by atoms with Crippen LogP contribution >= 0.6 is 0 Å². The van der Waals surface area contributed by atoms with Crippen molar-refractivity contribution in [2.45, 2.75) is 129 Å². The van der Waals surface area contributed by atoms with E-state index in [0.29, 0.717) is 85.8 Å². The van der Waals surface area contributed by atoms with Crippen LogP contribution in [0.3, 0.4) is 0 Å². The number of azide groups is 1. The van der Waals surface area contributed by atoms with Crippen molar-refractivity contribution in [2.75, 3.05) is 94.0 Å². The molecule has 0 bridgehead atoms. The Hall–Kier alpha value is -8.42. The Morgan fingerprint density at radius 2 is 1.61 bits per heavy atom. The van der Waals surface area contributed by atoms with Crippen LogP contribution in [-0.2, 0) is 53.0 Å². The van der Waals surface area contributed by atoms with Crippen molar-refractivity contribution in [1.29, 1.82) is 0 Å². The van der Waals surface area contributed by atoms with Crippen LogP contribution in [0.25, 0.3) is 21.3 Å². The van der Waals surface area contributed by atoms with Gasteiger partial charge in [-0.25, -0.2) is 14.0 Å². The van der Waals surface area contributed by atoms with Crippen LogP contribution in [0.4, 0.5) is 31.0 Å². The summed E-state index contributed by atoms with van der Waals surface area (Å²) in [6, 6.07) is 15.3. The lowest BCUT2D eigenvalue weighted by atomic mass is 10.0. The number of alkyl carbamates (subject to hydrolysis) is 1. The van der Waals surface area contributed by atoms with E-state index in [-0.39, 0.29) is 88.3 Å². The molecule has 89 heavy (non-hydrogen) atoms. The normalized spacial score (nSPS) is 16.4. The first kappa shape index (κ1) is 66.5. The van der Waals surface area contributed by atoms with Gasteiger partial charge in [-0.2, -0.15) is 0 Å². The number of nitrogens with zero attached hydrogens (tertiary/aromatic N) is 9. The summed E-state index contributed by atoms with van der Waals surface area (Å²) < 4.78 is 40.4. The van der Waals surface area contributed by atoms with Gasteiger partial charge >= 0.3 is 12.1 Å². The highest BCUT2D eigenvalue weighted by Gasteiger charge is 2.33. The number of carbonyl (C=O) groups is 5. The van der Waals surface area contributed by atoms with E-state index >= 15 is 4.39 Å². The van der Waals surface area contributed by atoms with E-state index in [4.69, 9.17) is 30.2 Å². The van der Waals surface area contributed by atoms with E-state index < -0.39 is 47.7 Å². The number of ether oxygens (including phenoxy) is 4. The Labute approximate surface area is 517 Å². The molecule has 3 fully saturated rings. The number of primary amides is 1. The molecule has 25 nitrogen and oxygen atoms in total. The molecule has 5 heterocycles. The number of anilines is 3. The van der Waals surface area contributed by atoms with Crippen LogP contribution in [0.15, 0.2) is 89.2 Å². The molecule has 2 aliphatic heterocycles. The van der Waals surface area contributed by atoms with E-state index in [2.05, 4.69) is 73.1 Å². The Morgan fingerprint density at radius 1 is 0.843 bits per heavy atom. The van der Waals surface area contributed by atoms with Crippen LogP contribution in [-0.4, -0.2) is 152 Å². The third kappa shape index (κ3) is 20.3. The van der Waals surface area contributed by atoms with Crippen molar-refractivity contribution in [3.8, 4) is 0 Å². The van der Waals surface area contributed by atoms with Gasteiger partial charge in [0.25, 0.3) is 0 Å². The molecule has 26 heteroatoms. The van der Waals surface area contributed by atoms with Crippen LogP contribution in [0.1, 0.15) is 99.3 Å². The molecule has 1 saturated carbocycles. The number of hydrogen-bond donors (Lipinski definition) is 6. The number of aromatic nitrogens is 3. The molecular weight excluding hydrogens is 1150 g/mol. The van der Waals surface area contributed by atoms with Gasteiger partial charge in [0.15, 0.2) is 5.43 Å². The van der Waals surface area contributed by atoms with Gasteiger partial charge in [-0.1, -0.05) is 31.1 Å². The van der Waals surface area contributed by atoms with E-state index in [1.165, 1.54) is 6.07 Å². The molecular formula is C63H84FN15O10. The second-order valence-electron chi connectivity index (χ2n) is 23.2. The Bertz CT molecular complexity index is 3310. The van der Waals surface area contributed by atoms with Crippen molar-refractivity contribution in [3.63, 3.8) is 0 Å². The molecule has 5 aromatic rings. The molecule has 1 aliphatic carbocycles. The summed E-state index contributed by atoms with van der Waals surface area (Å²) in [7, 11) is 0. The minimum Gasteiger partial charge on any atom is -0.445 e. The minimum absolute atomic E-state index is 0.0270. The van der Waals surface area contributed by atoms with Crippen molar-refractivity contribution >= 4 is 57.8 Å². The maximum absolute atomic E-state index is 16.5. The standard InChI is InChI=1S/C63H84FN15O10/c1-41(2)58(74-57(80)19-25-86-27-29-88-30-28-87-26-22-70-75-66)61(83)73-54(8-5-20-68-62(65)84)60(82)71-47-12-10-44(11-13-47)40-89-63(85)72-48-18-24-77(38-48)56-33-55-52(32-53(56)64)59(81)46(37-79(55)49-15-16-49)36-78(35-45-17-21-67-43(4)31-45)51-7-6-23-76(39-51)50-14-9-42(3)69-34-50/h9-14,17,21,31-34,37,41,48-49,51,54,58H,5-8,15-16,18-20,22-30,35-36,38-40H2,1-4H3,(H,71,82)(H,72,85)(H,73,83)(H,74,80)(H3,65,68,84)/t48-,51+,54?,58?/m1/s1. The number of rotatable bonds is 33. The SMILES string of the molecule is Cc1ccc(N2CCC[C@H](N(Cc3ccnc(C)c3)Cc3cn(C4CC4)c4cc(N5CC[C@@H](NC(=O)OCc6ccc(NC(=O)C(CCCNC(N)=O)NC(=O)C(NC(=O)CCOCCOCCOCCN=[N+]=[N-])C(C)C)cc6)C5)c(F)cc4c3=O)C2)cn1. The molecule has 3 aliphatic rings. The van der Waals surface area contributed by atoms with E-state index in [9.17, 15) is 28.8 Å². The molecule has 6 amide bonds. The number of urea groups is 1. The van der Waals surface area contributed by atoms with Gasteiger partial charge in [-0.05, 0) is 130 Å². The Kier molecular flexibility index (Phi) is 24.9. The molecule has 8 rings (SSSR count). The van der Waals surface area contributed by atoms with E-state index in [1.807, 2.05) is 49.5 Å². The Morgan fingerprint density at radius 3 is 2.31 bits per heavy atom. The summed E-state index contributed by atoms with van der Waals surface area (Å²) in [6.07, 6.45) is 9.88. The zero-order valence-electron chi connectivity index (χ0n) is 51.3. The van der Waals surface area contributed by atoms with Gasteiger partial charge in [0, 0.05) is 116 Å². The number of nitrogens with two attached hydrogens (primary N) is 1. The van der Waals surface area contributed by atoms with Crippen molar-refractivity contribution in [1.82, 2.24) is 40.7 Å². The van der Waals surface area contributed by atoms with Crippen LogP contribution in [0, 0.1) is 25.6 Å². The summed E-state index contributed by atoms with van der Waals surface area (Å²) in [5.74, 6) is -2.41. The number of benzene rings is 2. The summed E-state index contributed by atoms with van der Waals surface area (Å²) in [5, 5.41) is 17.5. The number of aryl methyl sites for hydroxylation is 2. The second-order valence-corrected chi connectivity index (χ2v) is 23.2. The van der Waals surface area contributed by atoms with Crippen molar-refractivity contribution in [3.05, 3.63) is 134 Å². The quantitative estimate of drug-likeness (QED) is 0.0109. The number of halogens is 1. The number of amides is 6. The maximum atomic E-state index is 16.5. The van der Waals surface area contributed by atoms with Gasteiger partial charge in [-0.15, -0.1) is 0 Å². The van der Waals surface area contributed by atoms with Crippen LogP contribution < -0.4 is 47.5 Å². The van der Waals surface area contributed by atoms with Crippen molar-refractivity contribution in [2.24, 2.45) is 16.8 Å². The molecule has 2 aromatic carbocycles. The van der Waals surface area contributed by atoms with Gasteiger partial charge in [0.1, 0.15) is 24.5 Å². The molecule has 478 valence electrons. The molecule has 4 atom stereocenters. The smallest absolute Gasteiger partial charge is 0.407 e. The first-order valence-electron chi connectivity index (χ1n) is 30.7. The first-order valence-corrected chi connectivity index (χ1v) is 30.7. The summed E-state index contributed by atoms with van der Waals surface area (Å²) in [5.41, 5.74) is 20.1. The average Bonchev–Trinajstić information content (AvgIpc) is 1.85. The van der Waals surface area contributed by atoms with Gasteiger partial charge in [0.05, 0.1) is 68.8 Å². The molecule has 3 aromatic heterocycles. The fraction of sp³-hybridized carbons (Fsp3) is 0.524. The Balaban J connectivity index is 0.826. The topological polar surface area (TPSA) is 315 Å². The molecule has 2 saturated heterocycles. The second kappa shape index (κ2) is 33.2. The number of carbonyl (C=O) groups excluding carboxylic acids is 5. The van der Waals surface area contributed by atoms with Gasteiger partial charge in [-0.3, -0.25) is 34.0 Å². The van der Waals surface area contributed by atoms with Gasteiger partial charge < -0.3 is 65.6 Å². The van der Waals surface area contributed by atoms with Crippen LogP contribution in [0.5, 0.6) is 0 Å². The number of nitrogens with one attached hydrogen (secondary N) is 5. The molecule has 0 radical (unpaired) electrons. The lowest BCUT2D eigenvalue weighted by molar-refractivity contribution is -0.132. The van der Waals surface area contributed by atoms with Crippen LogP contribution in [0.2, 0.25) is 0 Å². The fourth-order valence-electron chi connectivity index (χ4n) is 11.1. The van der Waals surface area contributed by atoms with Gasteiger partial charge in [0.2, 0.25) is 17.7 Å². The average molecular weight is 1230 g/mol. The lowest BCUT2D eigenvalue weighted by Gasteiger charge is -2.40. The minimum atomic E-state index is -1.07. The van der Waals surface area contributed by atoms with Crippen molar-refractivity contribution < 1.29 is 47.3 Å². The van der Waals surface area contributed by atoms with E-state index in [0.717, 1.165) is 61.4 Å². The monoisotopic (exact) mass is 1230 g/mol. The molecule has 0 spiro atoms. The first-order chi connectivity index (χ1) is 43.0. The van der Waals surface area contributed by atoms with E-state index in [1.54, 1.807) is 44.2 Å². The fourth-order valence-corrected chi connectivity index (χ4v) is 11.1. The maximum Gasteiger partial charge on any atom is 0.407 e. The highest BCUT2D eigenvalue weighted by Crippen LogP contribution is 2.39. The zero-order chi connectivity index (χ0) is 63.2. The molecule has 2 unspecified atom stereocenters. The summed E-state index contributed by atoms with van der Waals surface area (Å²) in [6.45, 7) is 12.8. The zero-order valence-corrected chi connectivity index (χ0v) is 51.3.